The lowest BCUT2D eigenvalue weighted by Crippen LogP contribution is -2.38. The molecule has 0 N–H and O–H groups in total. The molecule has 21 heavy (non-hydrogen) atoms. The summed E-state index contributed by atoms with van der Waals surface area (Å²) in [4.78, 5) is 25.5. The van der Waals surface area contributed by atoms with Crippen molar-refractivity contribution in [3.63, 3.8) is 0 Å². The van der Waals surface area contributed by atoms with E-state index in [0.717, 1.165) is 18.4 Å². The molecule has 1 heterocycles. The number of benzene rings is 1. The second-order valence-electron chi connectivity index (χ2n) is 5.65. The highest BCUT2D eigenvalue weighted by Crippen LogP contribution is 2.34. The average Bonchev–Trinajstić information content (AvgIpc) is 3.29. The second kappa shape index (κ2) is 5.85. The van der Waals surface area contributed by atoms with Gasteiger partial charge in [0.1, 0.15) is 12.7 Å². The molecule has 0 spiro atoms. The average molecular weight is 289 g/mol. The summed E-state index contributed by atoms with van der Waals surface area (Å²) in [5.74, 6) is 0.102. The van der Waals surface area contributed by atoms with Gasteiger partial charge >= 0.3 is 6.09 Å². The van der Waals surface area contributed by atoms with Gasteiger partial charge in [0.2, 0.25) is 0 Å². The molecule has 1 aliphatic heterocycles. The summed E-state index contributed by atoms with van der Waals surface area (Å²) in [6.07, 6.45) is 1.45. The maximum Gasteiger partial charge on any atom is 0.410 e. The number of nitrogens with zero attached hydrogens (tertiary/aromatic N) is 1. The molecule has 1 aliphatic carbocycles. The largest absolute Gasteiger partial charge is 0.445 e. The van der Waals surface area contributed by atoms with Crippen molar-refractivity contribution in [1.29, 1.82) is 0 Å². The highest BCUT2D eigenvalue weighted by atomic mass is 16.6. The van der Waals surface area contributed by atoms with Crippen LogP contribution in [0.1, 0.15) is 24.8 Å². The first-order valence-corrected chi connectivity index (χ1v) is 7.27. The number of amides is 1. The molecule has 1 aromatic carbocycles. The van der Waals surface area contributed by atoms with Gasteiger partial charge in [0.15, 0.2) is 5.78 Å². The van der Waals surface area contributed by atoms with Crippen molar-refractivity contribution >= 4 is 11.9 Å². The Kier molecular flexibility index (Phi) is 3.92. The van der Waals surface area contributed by atoms with Crippen molar-refractivity contribution < 1.29 is 19.1 Å². The lowest BCUT2D eigenvalue weighted by atomic mass is 10.1. The van der Waals surface area contributed by atoms with Crippen LogP contribution in [0, 0.1) is 0 Å². The van der Waals surface area contributed by atoms with Crippen molar-refractivity contribution in [2.24, 2.45) is 0 Å². The molecule has 5 nitrogen and oxygen atoms in total. The zero-order valence-corrected chi connectivity index (χ0v) is 12.0. The summed E-state index contributed by atoms with van der Waals surface area (Å²) in [5, 5.41) is 0. The Hall–Kier alpha value is -1.88. The minimum Gasteiger partial charge on any atom is -0.445 e. The van der Waals surface area contributed by atoms with Gasteiger partial charge in [0.25, 0.3) is 0 Å². The van der Waals surface area contributed by atoms with Crippen LogP contribution >= 0.6 is 0 Å². The maximum atomic E-state index is 12.1. The number of carbonyl (C=O) groups is 2. The topological polar surface area (TPSA) is 59.1 Å². The molecule has 0 bridgehead atoms. The van der Waals surface area contributed by atoms with E-state index in [1.807, 2.05) is 30.3 Å². The minimum atomic E-state index is -0.381. The van der Waals surface area contributed by atoms with Crippen LogP contribution in [-0.2, 0) is 20.9 Å². The number of ether oxygens (including phenoxy) is 2. The van der Waals surface area contributed by atoms with Crippen molar-refractivity contribution in [2.45, 2.75) is 44.1 Å². The number of hydrogen-bond acceptors (Lipinski definition) is 4. The number of epoxide rings is 1. The molecule has 2 fully saturated rings. The predicted molar refractivity (Wildman–Crippen MR) is 75.7 cm³/mol. The molecular weight excluding hydrogens is 270 g/mol. The van der Waals surface area contributed by atoms with E-state index in [2.05, 4.69) is 0 Å². The summed E-state index contributed by atoms with van der Waals surface area (Å²) in [7, 11) is 1.70. The molecule has 1 aromatic rings. The van der Waals surface area contributed by atoms with Gasteiger partial charge in [-0.25, -0.2) is 4.79 Å². The molecule has 1 amide bonds. The van der Waals surface area contributed by atoms with E-state index in [0.29, 0.717) is 6.42 Å². The molecule has 1 saturated carbocycles. The van der Waals surface area contributed by atoms with Gasteiger partial charge in [-0.3, -0.25) is 4.79 Å². The highest BCUT2D eigenvalue weighted by Gasteiger charge is 2.47. The fraction of sp³-hybridized carbons (Fsp3) is 0.500. The molecule has 2 unspecified atom stereocenters. The Morgan fingerprint density at radius 3 is 2.86 bits per heavy atom. The SMILES string of the molecule is CN(C(=O)OCc1ccccc1)[C@@H]1CCC2OC2C(=O)C1. The fourth-order valence-electron chi connectivity index (χ4n) is 2.75. The lowest BCUT2D eigenvalue weighted by molar-refractivity contribution is -0.121. The first kappa shape index (κ1) is 14.1. The second-order valence-corrected chi connectivity index (χ2v) is 5.65. The number of ketones is 1. The molecule has 1 saturated heterocycles. The van der Waals surface area contributed by atoms with Gasteiger partial charge in [0, 0.05) is 19.5 Å². The van der Waals surface area contributed by atoms with E-state index in [-0.39, 0.29) is 36.7 Å². The molecule has 2 aliphatic rings. The van der Waals surface area contributed by atoms with Gasteiger partial charge in [-0.1, -0.05) is 30.3 Å². The van der Waals surface area contributed by atoms with Crippen LogP contribution in [0.3, 0.4) is 0 Å². The van der Waals surface area contributed by atoms with Gasteiger partial charge in [0.05, 0.1) is 6.10 Å². The lowest BCUT2D eigenvalue weighted by Gasteiger charge is -2.26. The van der Waals surface area contributed by atoms with Crippen LogP contribution in [0.15, 0.2) is 30.3 Å². The number of hydrogen-bond donors (Lipinski definition) is 0. The van der Waals surface area contributed by atoms with Crippen LogP contribution in [-0.4, -0.2) is 42.1 Å². The smallest absolute Gasteiger partial charge is 0.410 e. The quantitative estimate of drug-likeness (QED) is 0.800. The van der Waals surface area contributed by atoms with Gasteiger partial charge in [-0.05, 0) is 18.4 Å². The van der Waals surface area contributed by atoms with E-state index >= 15 is 0 Å². The van der Waals surface area contributed by atoms with Crippen LogP contribution in [0.25, 0.3) is 0 Å². The Balaban J connectivity index is 1.53. The highest BCUT2D eigenvalue weighted by molar-refractivity contribution is 5.87. The van der Waals surface area contributed by atoms with Gasteiger partial charge < -0.3 is 14.4 Å². The van der Waals surface area contributed by atoms with Crippen molar-refractivity contribution in [1.82, 2.24) is 4.90 Å². The Morgan fingerprint density at radius 2 is 2.10 bits per heavy atom. The number of Topliss-reactive ketones (excluding diaryl/α,β-unsaturated/α-hetero) is 1. The van der Waals surface area contributed by atoms with E-state index in [9.17, 15) is 9.59 Å². The zero-order chi connectivity index (χ0) is 14.8. The van der Waals surface area contributed by atoms with Crippen molar-refractivity contribution in [2.75, 3.05) is 7.05 Å². The first-order valence-electron chi connectivity index (χ1n) is 7.27. The minimum absolute atomic E-state index is 0.0799. The first-order chi connectivity index (χ1) is 10.1. The van der Waals surface area contributed by atoms with Gasteiger partial charge in [-0.15, -0.1) is 0 Å². The standard InChI is InChI=1S/C16H19NO4/c1-17(12-7-8-14-15(21-14)13(18)9-12)16(19)20-10-11-5-3-2-4-6-11/h2-6,12,14-15H,7-10H2,1H3/t12-,14?,15?/m1/s1. The molecule has 0 radical (unpaired) electrons. The number of rotatable bonds is 3. The van der Waals surface area contributed by atoms with Gasteiger partial charge in [-0.2, -0.15) is 0 Å². The Labute approximate surface area is 123 Å². The summed E-state index contributed by atoms with van der Waals surface area (Å²) < 4.78 is 10.6. The van der Waals surface area contributed by atoms with Crippen LogP contribution < -0.4 is 0 Å². The van der Waals surface area contributed by atoms with Crippen LogP contribution in [0.5, 0.6) is 0 Å². The number of fused-ring (bicyclic) bond motifs is 1. The zero-order valence-electron chi connectivity index (χ0n) is 12.0. The van der Waals surface area contributed by atoms with E-state index in [1.165, 1.54) is 0 Å². The van der Waals surface area contributed by atoms with E-state index < -0.39 is 0 Å². The molecule has 5 heteroatoms. The third-order valence-corrected chi connectivity index (χ3v) is 4.16. The van der Waals surface area contributed by atoms with E-state index in [1.54, 1.807) is 11.9 Å². The summed E-state index contributed by atoms with van der Waals surface area (Å²) in [6, 6.07) is 9.46. The molecule has 3 atom stereocenters. The third kappa shape index (κ3) is 3.24. The normalized spacial score (nSPS) is 27.5. The third-order valence-electron chi connectivity index (χ3n) is 4.16. The predicted octanol–water partition coefficient (Wildman–Crippen LogP) is 2.14. The molecule has 0 aromatic heterocycles. The fourth-order valence-corrected chi connectivity index (χ4v) is 2.75. The van der Waals surface area contributed by atoms with Crippen LogP contribution in [0.4, 0.5) is 4.79 Å². The Morgan fingerprint density at radius 1 is 1.33 bits per heavy atom. The molecule has 112 valence electrons. The van der Waals surface area contributed by atoms with Crippen LogP contribution in [0.2, 0.25) is 0 Å². The Bertz CT molecular complexity index is 530. The van der Waals surface area contributed by atoms with E-state index in [4.69, 9.17) is 9.47 Å². The molecule has 3 rings (SSSR count). The summed E-state index contributed by atoms with van der Waals surface area (Å²) in [6.45, 7) is 0.249. The molecular formula is C16H19NO4. The van der Waals surface area contributed by atoms with Crippen molar-refractivity contribution in [3.8, 4) is 0 Å². The monoisotopic (exact) mass is 289 g/mol. The maximum absolute atomic E-state index is 12.1. The number of carbonyl (C=O) groups excluding carboxylic acids is 2. The van der Waals surface area contributed by atoms with Crippen molar-refractivity contribution in [3.05, 3.63) is 35.9 Å². The summed E-state index contributed by atoms with van der Waals surface area (Å²) >= 11 is 0. The summed E-state index contributed by atoms with van der Waals surface area (Å²) in [5.41, 5.74) is 0.950.